The highest BCUT2D eigenvalue weighted by molar-refractivity contribution is 7.90. The van der Waals surface area contributed by atoms with Gasteiger partial charge in [0.05, 0.1) is 5.75 Å². The van der Waals surface area contributed by atoms with Crippen LogP contribution in [-0.4, -0.2) is 43.4 Å². The third-order valence-corrected chi connectivity index (χ3v) is 5.09. The van der Waals surface area contributed by atoms with Gasteiger partial charge in [-0.2, -0.15) is 0 Å². The van der Waals surface area contributed by atoms with Gasteiger partial charge in [0.2, 0.25) is 0 Å². The monoisotopic (exact) mass is 364 g/mol. The van der Waals surface area contributed by atoms with Crippen molar-refractivity contribution in [1.29, 1.82) is 0 Å². The number of rotatable bonds is 7. The Morgan fingerprint density at radius 2 is 1.48 bits per heavy atom. The minimum atomic E-state index is -3.24. The van der Waals surface area contributed by atoms with Crippen molar-refractivity contribution >= 4 is 9.84 Å². The Labute approximate surface area is 148 Å². The van der Waals surface area contributed by atoms with E-state index in [4.69, 9.17) is 4.74 Å². The molecule has 2 aromatic carbocycles. The second-order valence-corrected chi connectivity index (χ2v) is 8.94. The van der Waals surface area contributed by atoms with Crippen molar-refractivity contribution in [2.75, 3.05) is 18.6 Å². The third kappa shape index (κ3) is 5.47. The molecule has 0 amide bonds. The average molecular weight is 364 g/mol. The summed E-state index contributed by atoms with van der Waals surface area (Å²) in [5, 5.41) is 19.1. The third-order valence-electron chi connectivity index (χ3n) is 4.10. The average Bonchev–Trinajstić information content (AvgIpc) is 2.52. The molecule has 2 aromatic rings. The number of ether oxygens (including phenoxy) is 1. The van der Waals surface area contributed by atoms with Crippen molar-refractivity contribution in [1.82, 2.24) is 0 Å². The van der Waals surface area contributed by atoms with Gasteiger partial charge in [-0.25, -0.2) is 8.42 Å². The summed E-state index contributed by atoms with van der Waals surface area (Å²) in [5.41, 5.74) is 1.90. The maximum atomic E-state index is 11.1. The molecule has 0 heterocycles. The van der Waals surface area contributed by atoms with Crippen molar-refractivity contribution in [2.24, 2.45) is 0 Å². The Morgan fingerprint density at radius 1 is 1.00 bits per heavy atom. The lowest BCUT2D eigenvalue weighted by Crippen LogP contribution is -2.26. The van der Waals surface area contributed by atoms with Crippen molar-refractivity contribution in [3.8, 4) is 11.5 Å². The number of hydrogen-bond donors (Lipinski definition) is 2. The highest BCUT2D eigenvalue weighted by atomic mass is 32.2. The van der Waals surface area contributed by atoms with Crippen LogP contribution < -0.4 is 4.74 Å². The Bertz CT molecular complexity index is 793. The Balaban J connectivity index is 2.05. The number of phenolic OH excluding ortho intramolecular Hbond substituents is 1. The van der Waals surface area contributed by atoms with Gasteiger partial charge < -0.3 is 14.9 Å². The van der Waals surface area contributed by atoms with Crippen molar-refractivity contribution in [3.63, 3.8) is 0 Å². The maximum absolute atomic E-state index is 11.1. The summed E-state index contributed by atoms with van der Waals surface area (Å²) < 4.78 is 27.7. The van der Waals surface area contributed by atoms with E-state index in [1.165, 1.54) is 0 Å². The fraction of sp³-hybridized carbons (Fsp3) is 0.368. The molecule has 6 heteroatoms. The number of aliphatic hydroxyl groups excluding tert-OH is 1. The van der Waals surface area contributed by atoms with Crippen LogP contribution in [-0.2, 0) is 15.3 Å². The van der Waals surface area contributed by atoms with Gasteiger partial charge >= 0.3 is 0 Å². The minimum Gasteiger partial charge on any atom is -0.508 e. The molecule has 0 unspecified atom stereocenters. The summed E-state index contributed by atoms with van der Waals surface area (Å²) in [5.74, 6) is 0.479. The molecule has 2 rings (SSSR count). The molecule has 0 bridgehead atoms. The van der Waals surface area contributed by atoms with E-state index < -0.39 is 15.9 Å². The predicted molar refractivity (Wildman–Crippen MR) is 97.9 cm³/mol. The molecule has 0 saturated heterocycles. The van der Waals surface area contributed by atoms with Crippen molar-refractivity contribution < 1.29 is 23.4 Å². The molecule has 0 radical (unpaired) electrons. The summed E-state index contributed by atoms with van der Waals surface area (Å²) in [6, 6.07) is 14.6. The van der Waals surface area contributed by atoms with Gasteiger partial charge in [0.1, 0.15) is 34.0 Å². The first kappa shape index (κ1) is 19.3. The molecule has 0 spiro atoms. The van der Waals surface area contributed by atoms with Crippen LogP contribution in [0.1, 0.15) is 25.0 Å². The van der Waals surface area contributed by atoms with E-state index >= 15 is 0 Å². The largest absolute Gasteiger partial charge is 0.508 e. The number of sulfone groups is 1. The number of phenols is 1. The van der Waals surface area contributed by atoms with Crippen LogP contribution in [0.4, 0.5) is 0 Å². The number of hydrogen-bond acceptors (Lipinski definition) is 5. The summed E-state index contributed by atoms with van der Waals surface area (Å²) in [4.78, 5) is 0. The zero-order chi connectivity index (χ0) is 18.7. The molecule has 0 saturated carbocycles. The van der Waals surface area contributed by atoms with Gasteiger partial charge in [-0.15, -0.1) is 0 Å². The maximum Gasteiger partial charge on any atom is 0.150 e. The van der Waals surface area contributed by atoms with E-state index in [1.807, 2.05) is 24.3 Å². The SMILES string of the molecule is CC(C)(c1ccc(O)cc1)c1ccc(OC[C@H](O)CS(C)(=O)=O)cc1. The molecule has 25 heavy (non-hydrogen) atoms. The van der Waals surface area contributed by atoms with Crippen molar-refractivity contribution in [2.45, 2.75) is 25.4 Å². The van der Waals surface area contributed by atoms with Gasteiger partial charge in [0.15, 0.2) is 0 Å². The number of benzene rings is 2. The predicted octanol–water partition coefficient (Wildman–Crippen LogP) is 2.50. The summed E-state index contributed by atoms with van der Waals surface area (Å²) in [7, 11) is -3.24. The molecule has 5 nitrogen and oxygen atoms in total. The first-order valence-corrected chi connectivity index (χ1v) is 10.0. The highest BCUT2D eigenvalue weighted by Crippen LogP contribution is 2.33. The molecule has 136 valence electrons. The molecule has 2 N–H and O–H groups in total. The van der Waals surface area contributed by atoms with E-state index in [1.54, 1.807) is 24.3 Å². The van der Waals surface area contributed by atoms with Gasteiger partial charge in [0.25, 0.3) is 0 Å². The lowest BCUT2D eigenvalue weighted by atomic mass is 9.78. The number of aliphatic hydroxyl groups is 1. The highest BCUT2D eigenvalue weighted by Gasteiger charge is 2.23. The second-order valence-electron chi connectivity index (χ2n) is 6.75. The van der Waals surface area contributed by atoms with Crippen LogP contribution in [0.15, 0.2) is 48.5 Å². The standard InChI is InChI=1S/C19H24O5S/c1-19(2,14-4-8-16(20)9-5-14)15-6-10-18(11-7-15)24-12-17(21)13-25(3,22)23/h4-11,17,20-21H,12-13H2,1-3H3/t17-/m0/s1. The summed E-state index contributed by atoms with van der Waals surface area (Å²) >= 11 is 0. The molecule has 0 aromatic heterocycles. The molecular formula is C19H24O5S. The Hall–Kier alpha value is -2.05. The molecule has 0 aliphatic carbocycles. The Morgan fingerprint density at radius 3 is 1.96 bits per heavy atom. The zero-order valence-corrected chi connectivity index (χ0v) is 15.5. The van der Waals surface area contributed by atoms with Gasteiger partial charge in [-0.05, 0) is 35.4 Å². The fourth-order valence-corrected chi connectivity index (χ4v) is 3.40. The lowest BCUT2D eigenvalue weighted by molar-refractivity contribution is 0.125. The van der Waals surface area contributed by atoms with E-state index in [9.17, 15) is 18.6 Å². The molecular weight excluding hydrogens is 340 g/mol. The van der Waals surface area contributed by atoms with E-state index in [2.05, 4.69) is 13.8 Å². The summed E-state index contributed by atoms with van der Waals surface area (Å²) in [6.45, 7) is 4.10. The minimum absolute atomic E-state index is 0.0756. The van der Waals surface area contributed by atoms with Crippen LogP contribution in [0, 0.1) is 0 Å². The first-order valence-electron chi connectivity index (χ1n) is 7.96. The quantitative estimate of drug-likeness (QED) is 0.789. The molecule has 1 atom stereocenters. The van der Waals surface area contributed by atoms with Gasteiger partial charge in [0, 0.05) is 11.7 Å². The van der Waals surface area contributed by atoms with E-state index in [0.717, 1.165) is 17.4 Å². The number of aromatic hydroxyl groups is 1. The molecule has 0 aliphatic heterocycles. The van der Waals surface area contributed by atoms with E-state index in [0.29, 0.717) is 5.75 Å². The van der Waals surface area contributed by atoms with E-state index in [-0.39, 0.29) is 23.5 Å². The first-order chi connectivity index (χ1) is 11.6. The second kappa shape index (κ2) is 7.45. The van der Waals surface area contributed by atoms with Gasteiger partial charge in [-0.3, -0.25) is 0 Å². The molecule has 0 aliphatic rings. The van der Waals surface area contributed by atoms with Crippen LogP contribution >= 0.6 is 0 Å². The van der Waals surface area contributed by atoms with Crippen molar-refractivity contribution in [3.05, 3.63) is 59.7 Å². The fourth-order valence-electron chi connectivity index (χ4n) is 2.60. The van der Waals surface area contributed by atoms with Crippen LogP contribution in [0.25, 0.3) is 0 Å². The topological polar surface area (TPSA) is 83.8 Å². The zero-order valence-electron chi connectivity index (χ0n) is 14.6. The van der Waals surface area contributed by atoms with Crippen LogP contribution in [0.2, 0.25) is 0 Å². The summed E-state index contributed by atoms with van der Waals surface area (Å²) in [6.07, 6.45) is 0.0271. The molecule has 0 fully saturated rings. The van der Waals surface area contributed by atoms with Crippen LogP contribution in [0.5, 0.6) is 11.5 Å². The normalized spacial score (nSPS) is 13.4. The smallest absolute Gasteiger partial charge is 0.150 e. The lowest BCUT2D eigenvalue weighted by Gasteiger charge is -2.26. The Kier molecular flexibility index (Phi) is 5.75. The van der Waals surface area contributed by atoms with Gasteiger partial charge in [-0.1, -0.05) is 38.1 Å². The van der Waals surface area contributed by atoms with Crippen LogP contribution in [0.3, 0.4) is 0 Å².